The van der Waals surface area contributed by atoms with E-state index in [2.05, 4.69) is 10.4 Å². The number of hydrogen-bond donors (Lipinski definition) is 2. The van der Waals surface area contributed by atoms with E-state index in [-0.39, 0.29) is 5.91 Å². The molecule has 3 N–H and O–H groups in total. The Kier molecular flexibility index (Phi) is 2.41. The Hall–Kier alpha value is -2.57. The lowest BCUT2D eigenvalue weighted by molar-refractivity contribution is -0.120. The molecule has 1 fully saturated rings. The van der Waals surface area contributed by atoms with Crippen LogP contribution in [0, 0.1) is 0 Å². The molecule has 0 saturated carbocycles. The van der Waals surface area contributed by atoms with Crippen LogP contribution in [0.5, 0.6) is 0 Å². The summed E-state index contributed by atoms with van der Waals surface area (Å²) in [4.78, 5) is 24.4. The Morgan fingerprint density at radius 1 is 1.37 bits per heavy atom. The third-order valence-corrected chi connectivity index (χ3v) is 3.23. The van der Waals surface area contributed by atoms with Crippen LogP contribution in [0.4, 0.5) is 16.3 Å². The Balaban J connectivity index is 2.04. The number of nitrogens with two attached hydrogens (primary N) is 1. The van der Waals surface area contributed by atoms with Crippen molar-refractivity contribution in [3.8, 4) is 0 Å². The first-order valence-corrected chi connectivity index (χ1v) is 5.90. The molecule has 7 heteroatoms. The predicted octanol–water partition coefficient (Wildman–Crippen LogP) is 0.602. The van der Waals surface area contributed by atoms with E-state index < -0.39 is 6.03 Å². The number of imide groups is 1. The zero-order chi connectivity index (χ0) is 13.6. The minimum atomic E-state index is -0.397. The molecule has 0 atom stereocenters. The largest absolute Gasteiger partial charge is 0.382 e. The van der Waals surface area contributed by atoms with Gasteiger partial charge in [0.1, 0.15) is 0 Å². The molecule has 1 aliphatic heterocycles. The fourth-order valence-electron chi connectivity index (χ4n) is 2.25. The van der Waals surface area contributed by atoms with Gasteiger partial charge >= 0.3 is 6.03 Å². The smallest absolute Gasteiger partial charge is 0.328 e. The number of hydrogen-bond acceptors (Lipinski definition) is 4. The number of nitrogen functional groups attached to an aromatic ring is 1. The van der Waals surface area contributed by atoms with Crippen LogP contribution in [-0.4, -0.2) is 28.3 Å². The number of anilines is 2. The van der Waals surface area contributed by atoms with Crippen LogP contribution in [0.1, 0.15) is 6.42 Å². The molecule has 1 saturated heterocycles. The SMILES string of the molecule is Cn1nc(N)c2ccc(N3CCC(=O)NC3=O)cc21. The number of nitrogens with one attached hydrogen (secondary N) is 1. The number of fused-ring (bicyclic) bond motifs is 1. The Morgan fingerprint density at radius 3 is 2.89 bits per heavy atom. The van der Waals surface area contributed by atoms with Gasteiger partial charge in [-0.2, -0.15) is 5.10 Å². The number of urea groups is 1. The van der Waals surface area contributed by atoms with Gasteiger partial charge in [-0.05, 0) is 18.2 Å². The summed E-state index contributed by atoms with van der Waals surface area (Å²) in [7, 11) is 1.79. The highest BCUT2D eigenvalue weighted by molar-refractivity contribution is 6.06. The summed E-state index contributed by atoms with van der Waals surface area (Å²) in [6.45, 7) is 0.378. The molecule has 0 spiro atoms. The third-order valence-electron chi connectivity index (χ3n) is 3.23. The van der Waals surface area contributed by atoms with Gasteiger partial charge in [-0.3, -0.25) is 19.7 Å². The number of aryl methyl sites for hydroxylation is 1. The monoisotopic (exact) mass is 259 g/mol. The average Bonchev–Trinajstić information content (AvgIpc) is 2.65. The Bertz CT molecular complexity index is 691. The van der Waals surface area contributed by atoms with Crippen LogP contribution in [0.15, 0.2) is 18.2 Å². The van der Waals surface area contributed by atoms with E-state index in [1.54, 1.807) is 17.8 Å². The van der Waals surface area contributed by atoms with Gasteiger partial charge in [0.05, 0.1) is 5.52 Å². The highest BCUT2D eigenvalue weighted by atomic mass is 16.2. The van der Waals surface area contributed by atoms with Crippen molar-refractivity contribution >= 4 is 34.3 Å². The van der Waals surface area contributed by atoms with Crippen molar-refractivity contribution in [3.63, 3.8) is 0 Å². The summed E-state index contributed by atoms with van der Waals surface area (Å²) in [5.41, 5.74) is 7.35. The molecule has 0 radical (unpaired) electrons. The molecule has 0 aliphatic carbocycles. The molecule has 3 amide bonds. The second-order valence-electron chi connectivity index (χ2n) is 4.47. The zero-order valence-electron chi connectivity index (χ0n) is 10.4. The summed E-state index contributed by atoms with van der Waals surface area (Å²) in [5.74, 6) is 0.217. The second kappa shape index (κ2) is 3.98. The minimum Gasteiger partial charge on any atom is -0.382 e. The predicted molar refractivity (Wildman–Crippen MR) is 70.6 cm³/mol. The topological polar surface area (TPSA) is 93.2 Å². The molecular weight excluding hydrogens is 246 g/mol. The van der Waals surface area contributed by atoms with Crippen molar-refractivity contribution in [1.29, 1.82) is 0 Å². The van der Waals surface area contributed by atoms with E-state index in [1.807, 2.05) is 12.1 Å². The van der Waals surface area contributed by atoms with Gasteiger partial charge in [0, 0.05) is 31.1 Å². The first kappa shape index (κ1) is 11.5. The highest BCUT2D eigenvalue weighted by Crippen LogP contribution is 2.26. The van der Waals surface area contributed by atoms with Crippen molar-refractivity contribution in [1.82, 2.24) is 15.1 Å². The normalized spacial score (nSPS) is 15.9. The molecular formula is C12H13N5O2. The fraction of sp³-hybridized carbons (Fsp3) is 0.250. The summed E-state index contributed by atoms with van der Waals surface area (Å²) in [5, 5.41) is 7.27. The standard InChI is InChI=1S/C12H13N5O2/c1-16-9-6-7(2-3-8(9)11(13)15-16)17-5-4-10(18)14-12(17)19/h2-3,6H,4-5H2,1H3,(H2,13,15)(H,14,18,19). The number of carbonyl (C=O) groups is 2. The van der Waals surface area contributed by atoms with Gasteiger partial charge in [-0.15, -0.1) is 0 Å². The molecule has 7 nitrogen and oxygen atoms in total. The van der Waals surface area contributed by atoms with Gasteiger partial charge in [0.25, 0.3) is 0 Å². The first-order valence-electron chi connectivity index (χ1n) is 5.90. The van der Waals surface area contributed by atoms with Gasteiger partial charge < -0.3 is 5.73 Å². The summed E-state index contributed by atoms with van der Waals surface area (Å²) in [6.07, 6.45) is 0.303. The molecule has 0 unspecified atom stereocenters. The van der Waals surface area contributed by atoms with E-state index >= 15 is 0 Å². The number of amides is 3. The van der Waals surface area contributed by atoms with Crippen molar-refractivity contribution in [2.75, 3.05) is 17.2 Å². The van der Waals surface area contributed by atoms with Crippen LogP contribution < -0.4 is 16.0 Å². The van der Waals surface area contributed by atoms with Crippen LogP contribution in [0.25, 0.3) is 10.9 Å². The van der Waals surface area contributed by atoms with Crippen LogP contribution in [-0.2, 0) is 11.8 Å². The quantitative estimate of drug-likeness (QED) is 0.784. The van der Waals surface area contributed by atoms with E-state index in [0.717, 1.165) is 16.6 Å². The number of aromatic nitrogens is 2. The molecule has 1 aromatic carbocycles. The number of rotatable bonds is 1. The lowest BCUT2D eigenvalue weighted by Crippen LogP contribution is -2.49. The van der Waals surface area contributed by atoms with Gasteiger partial charge in [-0.25, -0.2) is 4.79 Å². The molecule has 2 heterocycles. The van der Waals surface area contributed by atoms with Crippen molar-refractivity contribution < 1.29 is 9.59 Å². The zero-order valence-corrected chi connectivity index (χ0v) is 10.4. The molecule has 1 aliphatic rings. The Labute approximate surface area is 109 Å². The molecule has 19 heavy (non-hydrogen) atoms. The summed E-state index contributed by atoms with van der Waals surface area (Å²) in [6, 6.07) is 5.08. The number of nitrogens with zero attached hydrogens (tertiary/aromatic N) is 3. The van der Waals surface area contributed by atoms with Crippen molar-refractivity contribution in [2.24, 2.45) is 7.05 Å². The van der Waals surface area contributed by atoms with Gasteiger partial charge in [0.15, 0.2) is 5.82 Å². The third kappa shape index (κ3) is 1.79. The van der Waals surface area contributed by atoms with Gasteiger partial charge in [0.2, 0.25) is 5.91 Å². The second-order valence-corrected chi connectivity index (χ2v) is 4.47. The maximum absolute atomic E-state index is 11.8. The van der Waals surface area contributed by atoms with E-state index in [0.29, 0.717) is 18.8 Å². The lowest BCUT2D eigenvalue weighted by atomic mass is 10.2. The highest BCUT2D eigenvalue weighted by Gasteiger charge is 2.24. The van der Waals surface area contributed by atoms with Crippen molar-refractivity contribution in [2.45, 2.75) is 6.42 Å². The molecule has 3 rings (SSSR count). The fourth-order valence-corrected chi connectivity index (χ4v) is 2.25. The molecule has 0 bridgehead atoms. The minimum absolute atomic E-state index is 0.243. The maximum atomic E-state index is 11.8. The molecule has 1 aromatic heterocycles. The van der Waals surface area contributed by atoms with Crippen molar-refractivity contribution in [3.05, 3.63) is 18.2 Å². The maximum Gasteiger partial charge on any atom is 0.328 e. The van der Waals surface area contributed by atoms with Crippen LogP contribution in [0.2, 0.25) is 0 Å². The lowest BCUT2D eigenvalue weighted by Gasteiger charge is -2.26. The van der Waals surface area contributed by atoms with Gasteiger partial charge in [-0.1, -0.05) is 0 Å². The molecule has 2 aromatic rings. The first-order chi connectivity index (χ1) is 9.06. The summed E-state index contributed by atoms with van der Waals surface area (Å²) >= 11 is 0. The van der Waals surface area contributed by atoms with Crippen LogP contribution >= 0.6 is 0 Å². The van der Waals surface area contributed by atoms with E-state index in [1.165, 1.54) is 4.90 Å². The van der Waals surface area contributed by atoms with Crippen LogP contribution in [0.3, 0.4) is 0 Å². The molecule has 98 valence electrons. The van der Waals surface area contributed by atoms with E-state index in [9.17, 15) is 9.59 Å². The Morgan fingerprint density at radius 2 is 2.16 bits per heavy atom. The number of benzene rings is 1. The van der Waals surface area contributed by atoms with E-state index in [4.69, 9.17) is 5.73 Å². The average molecular weight is 259 g/mol. The number of carbonyl (C=O) groups excluding carboxylic acids is 2. The summed E-state index contributed by atoms with van der Waals surface area (Å²) < 4.78 is 1.67.